The van der Waals surface area contributed by atoms with Crippen LogP contribution in [0.5, 0.6) is 0 Å². The first-order chi connectivity index (χ1) is 38.3. The van der Waals surface area contributed by atoms with Gasteiger partial charge in [-0.2, -0.15) is 15.4 Å². The number of nitrogens with zero attached hydrogens (tertiary/aromatic N) is 15. The number of hydrogen-bond acceptors (Lipinski definition) is 17. The largest absolute Gasteiger partial charge is 0.341 e. The molecular weight excluding hydrogens is 1100 g/mol. The molecule has 7 aromatic rings. The first-order valence-corrected chi connectivity index (χ1v) is 32.0. The summed E-state index contributed by atoms with van der Waals surface area (Å²) >= 11 is 3.27. The van der Waals surface area contributed by atoms with E-state index in [0.717, 1.165) is 45.9 Å². The molecule has 0 saturated heterocycles. The Bertz CT molecular complexity index is 2400. The Hall–Kier alpha value is -5.11. The van der Waals surface area contributed by atoms with Crippen molar-refractivity contribution in [1.82, 2.24) is 79.8 Å². The third-order valence-corrected chi connectivity index (χ3v) is 15.0. The SMILES string of the molecule is CC(C)(C)c1nncn1C(C)(C)C.CC(C)(C)c1nnnn1C(C)(C)C.CC(C)(C)c1nnoc1C(C)(C)C.CC(C)(C)c1nonc1C(C)(C)C.CC(C)c1cnsc1C(C)C.CC(C)c1cnsc1C(C)C.CC(C)c1n[nH]nc1C(C)C. The minimum Gasteiger partial charge on any atom is -0.341 e. The molecule has 7 heterocycles. The number of tetrazole rings is 1. The van der Waals surface area contributed by atoms with Crippen LogP contribution in [0.25, 0.3) is 0 Å². The average Bonchev–Trinajstić information content (AvgIpc) is 4.39. The van der Waals surface area contributed by atoms with Crippen LogP contribution in [0.1, 0.15) is 352 Å². The van der Waals surface area contributed by atoms with E-state index in [4.69, 9.17) is 9.15 Å². The molecule has 0 aliphatic heterocycles. The molecule has 0 unspecified atom stereocenters. The molecule has 0 spiro atoms. The standard InChI is InChI=1S/C10H19N3.2C10H18N2O.C9H18N4.2C9H15NS.C8H15N3/c1-9(2,3)8-12-11-7-13(8)10(4,5)6;1-9(2,3)7-8(10(4,5)6)13-12-11-7;1-9(2,3)7-8(10(4,5)6)12-13-11-7;1-8(2,3)7-10-11-12-13(7)9(4,5)6;2*1-6(2)8-5-10-11-9(8)7(3)4;1-5(2)7-8(6(3)4)10-11-9-7/h7H,1-6H3;3*1-6H3;2*5-7H,1-4H3;5-6H,1-4H3,(H,9,10,11). The van der Waals surface area contributed by atoms with Crippen molar-refractivity contribution in [2.45, 2.75) is 328 Å². The van der Waals surface area contributed by atoms with Gasteiger partial charge in [-0.05, 0) is 122 Å². The van der Waals surface area contributed by atoms with Crippen molar-refractivity contribution in [1.29, 1.82) is 0 Å². The van der Waals surface area contributed by atoms with Crippen LogP contribution in [0.4, 0.5) is 0 Å². The zero-order valence-corrected chi connectivity index (χ0v) is 61.7. The lowest BCUT2D eigenvalue weighted by atomic mass is 9.82. The number of aromatic nitrogens is 16. The van der Waals surface area contributed by atoms with Crippen LogP contribution in [-0.2, 0) is 43.6 Å². The maximum Gasteiger partial charge on any atom is 0.166 e. The highest BCUT2D eigenvalue weighted by Gasteiger charge is 2.33. The molecule has 18 nitrogen and oxygen atoms in total. The second kappa shape index (κ2) is 31.2. The smallest absolute Gasteiger partial charge is 0.166 e. The van der Waals surface area contributed by atoms with Gasteiger partial charge in [0, 0.05) is 65.4 Å². The van der Waals surface area contributed by atoms with Gasteiger partial charge in [0.2, 0.25) is 0 Å². The zero-order valence-electron chi connectivity index (χ0n) is 60.0. The predicted octanol–water partition coefficient (Wildman–Crippen LogP) is 18.2. The Labute approximate surface area is 523 Å². The quantitative estimate of drug-likeness (QED) is 0.164. The second-order valence-corrected chi connectivity index (χ2v) is 33.7. The zero-order chi connectivity index (χ0) is 66.4. The van der Waals surface area contributed by atoms with Gasteiger partial charge in [-0.3, -0.25) is 0 Å². The Kier molecular flexibility index (Phi) is 28.6. The fraction of sp³-hybridized carbons (Fsp3) is 0.769. The van der Waals surface area contributed by atoms with Crippen molar-refractivity contribution < 1.29 is 9.15 Å². The van der Waals surface area contributed by atoms with Gasteiger partial charge in [0.25, 0.3) is 0 Å². The van der Waals surface area contributed by atoms with Crippen LogP contribution < -0.4 is 0 Å². The molecule has 0 aliphatic rings. The molecule has 0 amide bonds. The first kappa shape index (κ1) is 77.9. The molecular formula is C65H118N16O2S2. The van der Waals surface area contributed by atoms with E-state index in [9.17, 15) is 0 Å². The van der Waals surface area contributed by atoms with E-state index in [1.165, 1.54) is 20.9 Å². The molecule has 482 valence electrons. The summed E-state index contributed by atoms with van der Waals surface area (Å²) in [5.41, 5.74) is 7.97. The van der Waals surface area contributed by atoms with Crippen LogP contribution in [0.3, 0.4) is 0 Å². The van der Waals surface area contributed by atoms with Gasteiger partial charge < -0.3 is 9.09 Å². The van der Waals surface area contributed by atoms with Crippen molar-refractivity contribution in [2.24, 2.45) is 0 Å². The van der Waals surface area contributed by atoms with E-state index in [1.54, 1.807) is 29.4 Å². The average molecular weight is 1220 g/mol. The van der Waals surface area contributed by atoms with Crippen LogP contribution in [0.15, 0.2) is 27.9 Å². The van der Waals surface area contributed by atoms with E-state index in [-0.39, 0.29) is 43.6 Å². The van der Waals surface area contributed by atoms with E-state index in [2.05, 4.69) is 324 Å². The third kappa shape index (κ3) is 24.9. The summed E-state index contributed by atoms with van der Waals surface area (Å²) in [7, 11) is 0. The Morgan fingerprint density at radius 2 is 0.835 bits per heavy atom. The van der Waals surface area contributed by atoms with Crippen LogP contribution in [0, 0.1) is 0 Å². The fourth-order valence-corrected chi connectivity index (χ4v) is 9.81. The van der Waals surface area contributed by atoms with Gasteiger partial charge in [0.05, 0.1) is 16.9 Å². The summed E-state index contributed by atoms with van der Waals surface area (Å²) in [6, 6.07) is 0. The minimum absolute atomic E-state index is 0.00259. The molecule has 20 heteroatoms. The lowest BCUT2D eigenvalue weighted by Crippen LogP contribution is -2.30. The van der Waals surface area contributed by atoms with Crippen LogP contribution >= 0.6 is 23.1 Å². The molecule has 1 N–H and O–H groups in total. The lowest BCUT2D eigenvalue weighted by molar-refractivity contribution is 0.290. The van der Waals surface area contributed by atoms with Crippen molar-refractivity contribution in [3.8, 4) is 0 Å². The highest BCUT2D eigenvalue weighted by Crippen LogP contribution is 2.34. The molecule has 85 heavy (non-hydrogen) atoms. The van der Waals surface area contributed by atoms with Crippen LogP contribution in [-0.4, -0.2) is 79.8 Å². The monoisotopic (exact) mass is 1220 g/mol. The summed E-state index contributed by atoms with van der Waals surface area (Å²) in [5, 5.41) is 46.4. The fourth-order valence-electron chi connectivity index (χ4n) is 8.04. The maximum absolute atomic E-state index is 5.19. The summed E-state index contributed by atoms with van der Waals surface area (Å²) in [6.45, 7) is 77.1. The summed E-state index contributed by atoms with van der Waals surface area (Å²) in [5.74, 6) is 6.27. The molecule has 7 aromatic heterocycles. The lowest BCUT2D eigenvalue weighted by Gasteiger charge is -2.27. The Morgan fingerprint density at radius 3 is 1.09 bits per heavy atom. The number of nitrogens with one attached hydrogen (secondary N) is 1. The summed E-state index contributed by atoms with van der Waals surface area (Å²) < 4.78 is 22.4. The molecule has 7 rings (SSSR count). The highest BCUT2D eigenvalue weighted by molar-refractivity contribution is 7.06. The first-order valence-electron chi connectivity index (χ1n) is 30.5. The number of rotatable bonds is 6. The molecule has 0 atom stereocenters. The molecule has 0 aliphatic carbocycles. The molecule has 0 radical (unpaired) electrons. The molecule has 0 bridgehead atoms. The maximum atomic E-state index is 5.19. The third-order valence-electron chi connectivity index (χ3n) is 12.8. The number of aromatic amines is 1. The van der Waals surface area contributed by atoms with E-state index in [0.29, 0.717) is 35.5 Å². The normalized spacial score (nSPS) is 12.6. The molecule has 0 saturated carbocycles. The van der Waals surface area contributed by atoms with Crippen LogP contribution in [0.2, 0.25) is 0 Å². The van der Waals surface area contributed by atoms with E-state index >= 15 is 0 Å². The van der Waals surface area contributed by atoms with Crippen molar-refractivity contribution >= 4 is 23.1 Å². The second-order valence-electron chi connectivity index (χ2n) is 32.0. The van der Waals surface area contributed by atoms with Crippen molar-refractivity contribution in [3.63, 3.8) is 0 Å². The summed E-state index contributed by atoms with van der Waals surface area (Å²) in [4.78, 5) is 2.89. The Balaban J connectivity index is 0.000000496. The minimum atomic E-state index is -0.0495. The Morgan fingerprint density at radius 1 is 0.435 bits per heavy atom. The van der Waals surface area contributed by atoms with Crippen molar-refractivity contribution in [2.75, 3.05) is 0 Å². The van der Waals surface area contributed by atoms with Gasteiger partial charge in [0.1, 0.15) is 29.2 Å². The molecule has 0 aromatic carbocycles. The van der Waals surface area contributed by atoms with Crippen molar-refractivity contribution in [3.05, 3.63) is 85.5 Å². The van der Waals surface area contributed by atoms with E-state index < -0.39 is 0 Å². The van der Waals surface area contributed by atoms with Gasteiger partial charge in [-0.15, -0.1) is 20.4 Å². The van der Waals surface area contributed by atoms with E-state index in [1.807, 2.05) is 17.1 Å². The van der Waals surface area contributed by atoms with Gasteiger partial charge in [0.15, 0.2) is 11.6 Å². The van der Waals surface area contributed by atoms with Gasteiger partial charge in [-0.25, -0.2) is 18.1 Å². The van der Waals surface area contributed by atoms with Gasteiger partial charge in [-0.1, -0.05) is 218 Å². The highest BCUT2D eigenvalue weighted by atomic mass is 32.1. The number of hydrogen-bond donors (Lipinski definition) is 1. The summed E-state index contributed by atoms with van der Waals surface area (Å²) in [6.07, 6.45) is 5.82. The number of H-pyrrole nitrogens is 1. The topological polar surface area (TPSA) is 219 Å². The molecule has 0 fully saturated rings. The predicted molar refractivity (Wildman–Crippen MR) is 354 cm³/mol. The van der Waals surface area contributed by atoms with Gasteiger partial charge >= 0.3 is 0 Å².